The fourth-order valence-electron chi connectivity index (χ4n) is 1.46. The number of ether oxygens (including phenoxy) is 1. The van der Waals surface area contributed by atoms with Gasteiger partial charge in [0, 0.05) is 24.7 Å². The van der Waals surface area contributed by atoms with Gasteiger partial charge in [-0.1, -0.05) is 13.8 Å². The molecule has 3 N–H and O–H groups in total. The largest absolute Gasteiger partial charge is 0.374 e. The molecule has 0 spiro atoms. The van der Waals surface area contributed by atoms with E-state index in [2.05, 4.69) is 25.0 Å². The van der Waals surface area contributed by atoms with Crippen LogP contribution in [-0.4, -0.2) is 50.8 Å². The minimum absolute atomic E-state index is 0.0375. The highest BCUT2D eigenvalue weighted by Crippen LogP contribution is 2.11. The minimum atomic E-state index is -3.77. The molecule has 0 fully saturated rings. The van der Waals surface area contributed by atoms with Crippen LogP contribution in [0.25, 0.3) is 0 Å². The zero-order valence-electron chi connectivity index (χ0n) is 11.9. The van der Waals surface area contributed by atoms with Gasteiger partial charge in [-0.05, 0) is 0 Å². The Morgan fingerprint density at radius 1 is 1.43 bits per heavy atom. The van der Waals surface area contributed by atoms with Crippen LogP contribution in [0.2, 0.25) is 0 Å². The average Bonchev–Trinajstić information content (AvgIpc) is 2.84. The number of rotatable bonds is 10. The van der Waals surface area contributed by atoms with Crippen LogP contribution in [0.15, 0.2) is 11.2 Å². The van der Waals surface area contributed by atoms with Crippen LogP contribution in [0.1, 0.15) is 19.4 Å². The van der Waals surface area contributed by atoms with Crippen LogP contribution in [0.3, 0.4) is 0 Å². The maximum atomic E-state index is 12.0. The predicted molar refractivity (Wildman–Crippen MR) is 72.6 cm³/mol. The number of H-pyrrole nitrogens is 1. The van der Waals surface area contributed by atoms with Crippen molar-refractivity contribution < 1.29 is 21.9 Å². The lowest BCUT2D eigenvalue weighted by Crippen LogP contribution is -2.30. The average molecular weight is 326 g/mol. The third-order valence-electron chi connectivity index (χ3n) is 2.43. The van der Waals surface area contributed by atoms with Crippen molar-refractivity contribution in [1.29, 1.82) is 0 Å². The third-order valence-corrected chi connectivity index (χ3v) is 3.91. The van der Waals surface area contributed by atoms with Gasteiger partial charge in [-0.25, -0.2) is 21.9 Å². The first-order chi connectivity index (χ1) is 9.83. The Morgan fingerprint density at radius 2 is 2.14 bits per heavy atom. The number of aromatic nitrogens is 2. The van der Waals surface area contributed by atoms with E-state index >= 15 is 0 Å². The molecule has 0 amide bonds. The lowest BCUT2D eigenvalue weighted by Gasteiger charge is -2.10. The molecule has 122 valence electrons. The molecule has 10 heteroatoms. The maximum absolute atomic E-state index is 12.0. The normalized spacial score (nSPS) is 12.5. The Balaban J connectivity index is 2.52. The standard InChI is InChI=1S/C11H20F2N4O3S/c1-8(2)14-5-9-6-15-17-11(9)21(18,19)16-3-4-20-7-10(12)13/h6,8,10,14,16H,3-5,7H2,1-2H3,(H,15,17). The molecule has 1 aromatic heterocycles. The first kappa shape index (κ1) is 18.0. The first-order valence-corrected chi connectivity index (χ1v) is 7.92. The fraction of sp³-hybridized carbons (Fsp3) is 0.727. The van der Waals surface area contributed by atoms with Crippen LogP contribution in [0.4, 0.5) is 8.78 Å². The van der Waals surface area contributed by atoms with Gasteiger partial charge in [0.25, 0.3) is 16.4 Å². The number of alkyl halides is 2. The van der Waals surface area contributed by atoms with Crippen molar-refractivity contribution in [3.8, 4) is 0 Å². The van der Waals surface area contributed by atoms with Gasteiger partial charge < -0.3 is 10.1 Å². The van der Waals surface area contributed by atoms with E-state index < -0.39 is 23.1 Å². The summed E-state index contributed by atoms with van der Waals surface area (Å²) in [5.74, 6) is 0. The van der Waals surface area contributed by atoms with Crippen molar-refractivity contribution in [3.63, 3.8) is 0 Å². The van der Waals surface area contributed by atoms with Crippen LogP contribution >= 0.6 is 0 Å². The van der Waals surface area contributed by atoms with E-state index in [1.54, 1.807) is 0 Å². The van der Waals surface area contributed by atoms with Crippen LogP contribution in [-0.2, 0) is 21.3 Å². The SMILES string of the molecule is CC(C)NCc1cn[nH]c1S(=O)(=O)NCCOCC(F)F. The van der Waals surface area contributed by atoms with Crippen molar-refractivity contribution in [2.24, 2.45) is 0 Å². The molecular formula is C11H20F2N4O3S. The minimum Gasteiger partial charge on any atom is -0.374 e. The Labute approximate surface area is 122 Å². The molecule has 1 rings (SSSR count). The summed E-state index contributed by atoms with van der Waals surface area (Å²) in [4.78, 5) is 0. The molecule has 0 aliphatic rings. The molecule has 0 saturated carbocycles. The van der Waals surface area contributed by atoms with Gasteiger partial charge >= 0.3 is 0 Å². The van der Waals surface area contributed by atoms with Crippen molar-refractivity contribution in [1.82, 2.24) is 20.2 Å². The molecule has 1 aromatic rings. The molecule has 0 aliphatic carbocycles. The predicted octanol–water partition coefficient (Wildman–Crippen LogP) is 0.468. The summed E-state index contributed by atoms with van der Waals surface area (Å²) in [5.41, 5.74) is 0.504. The van der Waals surface area contributed by atoms with Crippen molar-refractivity contribution >= 4 is 10.0 Å². The van der Waals surface area contributed by atoms with Gasteiger partial charge in [0.15, 0.2) is 5.03 Å². The van der Waals surface area contributed by atoms with Crippen LogP contribution in [0, 0.1) is 0 Å². The molecule has 0 aromatic carbocycles. The molecule has 21 heavy (non-hydrogen) atoms. The van der Waals surface area contributed by atoms with Gasteiger partial charge in [0.05, 0.1) is 12.8 Å². The zero-order valence-corrected chi connectivity index (χ0v) is 12.7. The third kappa shape index (κ3) is 6.46. The number of nitrogens with one attached hydrogen (secondary N) is 3. The molecule has 7 nitrogen and oxygen atoms in total. The van der Waals surface area contributed by atoms with E-state index in [0.717, 1.165) is 0 Å². The Bertz CT molecular complexity index is 519. The number of sulfonamides is 1. The van der Waals surface area contributed by atoms with E-state index in [9.17, 15) is 17.2 Å². The van der Waals surface area contributed by atoms with Crippen molar-refractivity contribution in [3.05, 3.63) is 11.8 Å². The van der Waals surface area contributed by atoms with E-state index in [4.69, 9.17) is 0 Å². The van der Waals surface area contributed by atoms with Crippen molar-refractivity contribution in [2.45, 2.75) is 37.9 Å². The Hall–Kier alpha value is -1.10. The topological polar surface area (TPSA) is 96.1 Å². The number of hydrogen-bond acceptors (Lipinski definition) is 5. The Kier molecular flexibility index (Phi) is 7.15. The van der Waals surface area contributed by atoms with E-state index in [0.29, 0.717) is 12.1 Å². The summed E-state index contributed by atoms with van der Waals surface area (Å²) < 4.78 is 54.6. The van der Waals surface area contributed by atoms with Gasteiger partial charge in [-0.3, -0.25) is 5.10 Å². The fourth-order valence-corrected chi connectivity index (χ4v) is 2.60. The second-order valence-electron chi connectivity index (χ2n) is 4.62. The van der Waals surface area contributed by atoms with Gasteiger partial charge in [0.2, 0.25) is 0 Å². The highest BCUT2D eigenvalue weighted by atomic mass is 32.2. The van der Waals surface area contributed by atoms with E-state index in [1.807, 2.05) is 13.8 Å². The summed E-state index contributed by atoms with van der Waals surface area (Å²) in [6.07, 6.45) is -1.14. The summed E-state index contributed by atoms with van der Waals surface area (Å²) in [6.45, 7) is 3.30. The summed E-state index contributed by atoms with van der Waals surface area (Å²) in [5, 5.41) is 9.20. The second-order valence-corrected chi connectivity index (χ2v) is 6.33. The number of aromatic amines is 1. The molecule has 0 radical (unpaired) electrons. The summed E-state index contributed by atoms with van der Waals surface area (Å²) >= 11 is 0. The second kappa shape index (κ2) is 8.37. The number of halogens is 2. The monoisotopic (exact) mass is 326 g/mol. The number of hydrogen-bond donors (Lipinski definition) is 3. The molecule has 0 bridgehead atoms. The zero-order chi connectivity index (χ0) is 15.9. The van der Waals surface area contributed by atoms with Crippen LogP contribution < -0.4 is 10.0 Å². The maximum Gasteiger partial charge on any atom is 0.261 e. The van der Waals surface area contributed by atoms with E-state index in [-0.39, 0.29) is 24.2 Å². The molecular weight excluding hydrogens is 306 g/mol. The van der Waals surface area contributed by atoms with Crippen LogP contribution in [0.5, 0.6) is 0 Å². The quantitative estimate of drug-likeness (QED) is 0.543. The van der Waals surface area contributed by atoms with Gasteiger partial charge in [-0.2, -0.15) is 5.10 Å². The number of nitrogens with zero attached hydrogens (tertiary/aromatic N) is 1. The van der Waals surface area contributed by atoms with Gasteiger partial charge in [0.1, 0.15) is 6.61 Å². The molecule has 1 heterocycles. The smallest absolute Gasteiger partial charge is 0.261 e. The first-order valence-electron chi connectivity index (χ1n) is 6.44. The summed E-state index contributed by atoms with van der Waals surface area (Å²) in [7, 11) is -3.77. The van der Waals surface area contributed by atoms with Gasteiger partial charge in [-0.15, -0.1) is 0 Å². The molecule has 0 aliphatic heterocycles. The Morgan fingerprint density at radius 3 is 2.76 bits per heavy atom. The molecule has 0 atom stereocenters. The highest BCUT2D eigenvalue weighted by Gasteiger charge is 2.20. The lowest BCUT2D eigenvalue weighted by atomic mass is 10.3. The van der Waals surface area contributed by atoms with E-state index in [1.165, 1.54) is 6.20 Å². The highest BCUT2D eigenvalue weighted by molar-refractivity contribution is 7.89. The van der Waals surface area contributed by atoms with Crippen molar-refractivity contribution in [2.75, 3.05) is 19.8 Å². The summed E-state index contributed by atoms with van der Waals surface area (Å²) in [6, 6.07) is 0.200. The molecule has 0 unspecified atom stereocenters. The lowest BCUT2D eigenvalue weighted by molar-refractivity contribution is 0.0199. The molecule has 0 saturated heterocycles.